The molecule has 1 aromatic rings. The highest BCUT2D eigenvalue weighted by atomic mass is 16.2. The van der Waals surface area contributed by atoms with Crippen LogP contribution in [-0.2, 0) is 11.2 Å². The minimum atomic E-state index is 0.245. The fourth-order valence-electron chi connectivity index (χ4n) is 2.63. The maximum atomic E-state index is 12.1. The molecule has 2 N–H and O–H groups in total. The Morgan fingerprint density at radius 1 is 1.42 bits per heavy atom. The third-order valence-corrected chi connectivity index (χ3v) is 4.01. The van der Waals surface area contributed by atoms with Crippen molar-refractivity contribution in [2.24, 2.45) is 11.7 Å². The van der Waals surface area contributed by atoms with Crippen molar-refractivity contribution in [3.63, 3.8) is 0 Å². The van der Waals surface area contributed by atoms with Crippen LogP contribution >= 0.6 is 0 Å². The predicted molar refractivity (Wildman–Crippen MR) is 75.5 cm³/mol. The Kier molecular flexibility index (Phi) is 4.91. The SMILES string of the molecule is CC(N)C1CCN(C(=O)CCc2ccncc2)CC1. The van der Waals surface area contributed by atoms with Crippen LogP contribution in [0, 0.1) is 5.92 Å². The van der Waals surface area contributed by atoms with E-state index in [2.05, 4.69) is 11.9 Å². The van der Waals surface area contributed by atoms with Crippen molar-refractivity contribution in [1.82, 2.24) is 9.88 Å². The number of carbonyl (C=O) groups excluding carboxylic acids is 1. The van der Waals surface area contributed by atoms with Crippen molar-refractivity contribution in [1.29, 1.82) is 0 Å². The minimum Gasteiger partial charge on any atom is -0.343 e. The molecule has 19 heavy (non-hydrogen) atoms. The molecule has 0 aliphatic carbocycles. The first-order valence-corrected chi connectivity index (χ1v) is 7.09. The molecule has 2 heterocycles. The van der Waals surface area contributed by atoms with Gasteiger partial charge >= 0.3 is 0 Å². The molecule has 1 aromatic heterocycles. The molecule has 0 saturated carbocycles. The summed E-state index contributed by atoms with van der Waals surface area (Å²) in [6, 6.07) is 4.18. The Bertz CT molecular complexity index is 397. The van der Waals surface area contributed by atoms with Gasteiger partial charge in [0, 0.05) is 37.9 Å². The van der Waals surface area contributed by atoms with Crippen molar-refractivity contribution >= 4 is 5.91 Å². The molecule has 0 spiro atoms. The van der Waals surface area contributed by atoms with Gasteiger partial charge in [0.25, 0.3) is 0 Å². The number of carbonyl (C=O) groups is 1. The second-order valence-corrected chi connectivity index (χ2v) is 5.43. The molecule has 1 fully saturated rings. The zero-order valence-corrected chi connectivity index (χ0v) is 11.6. The number of aromatic nitrogens is 1. The number of pyridine rings is 1. The van der Waals surface area contributed by atoms with Gasteiger partial charge in [-0.1, -0.05) is 0 Å². The summed E-state index contributed by atoms with van der Waals surface area (Å²) in [6.45, 7) is 3.79. The predicted octanol–water partition coefficient (Wildman–Crippen LogP) is 1.60. The number of nitrogens with zero attached hydrogens (tertiary/aromatic N) is 2. The van der Waals surface area contributed by atoms with Gasteiger partial charge in [0.1, 0.15) is 0 Å². The molecular weight excluding hydrogens is 238 g/mol. The number of aryl methyl sites for hydroxylation is 1. The van der Waals surface area contributed by atoms with Crippen LogP contribution < -0.4 is 5.73 Å². The van der Waals surface area contributed by atoms with Crippen molar-refractivity contribution in [2.45, 2.75) is 38.6 Å². The van der Waals surface area contributed by atoms with E-state index in [1.165, 1.54) is 5.56 Å². The van der Waals surface area contributed by atoms with Crippen LogP contribution in [0.2, 0.25) is 0 Å². The van der Waals surface area contributed by atoms with Crippen LogP contribution in [0.1, 0.15) is 31.7 Å². The molecule has 104 valence electrons. The monoisotopic (exact) mass is 261 g/mol. The lowest BCUT2D eigenvalue weighted by Gasteiger charge is -2.33. The Balaban J connectivity index is 1.76. The van der Waals surface area contributed by atoms with E-state index >= 15 is 0 Å². The third kappa shape index (κ3) is 4.03. The Hall–Kier alpha value is -1.42. The largest absolute Gasteiger partial charge is 0.343 e. The maximum absolute atomic E-state index is 12.1. The Morgan fingerprint density at radius 3 is 2.63 bits per heavy atom. The molecule has 1 unspecified atom stereocenters. The number of rotatable bonds is 4. The van der Waals surface area contributed by atoms with Crippen molar-refractivity contribution in [2.75, 3.05) is 13.1 Å². The summed E-state index contributed by atoms with van der Waals surface area (Å²) in [7, 11) is 0. The van der Waals surface area contributed by atoms with Crippen LogP contribution in [0.4, 0.5) is 0 Å². The van der Waals surface area contributed by atoms with Gasteiger partial charge in [-0.3, -0.25) is 9.78 Å². The first-order chi connectivity index (χ1) is 9.16. The number of hydrogen-bond acceptors (Lipinski definition) is 3. The molecular formula is C15H23N3O. The number of likely N-dealkylation sites (tertiary alicyclic amines) is 1. The molecule has 4 heteroatoms. The molecule has 4 nitrogen and oxygen atoms in total. The number of nitrogens with two attached hydrogens (primary N) is 1. The summed E-state index contributed by atoms with van der Waals surface area (Å²) >= 11 is 0. The smallest absolute Gasteiger partial charge is 0.222 e. The highest BCUT2D eigenvalue weighted by Crippen LogP contribution is 2.20. The molecule has 2 rings (SSSR count). The van der Waals surface area contributed by atoms with Gasteiger partial charge in [-0.15, -0.1) is 0 Å². The van der Waals surface area contributed by atoms with E-state index < -0.39 is 0 Å². The Morgan fingerprint density at radius 2 is 2.05 bits per heavy atom. The van der Waals surface area contributed by atoms with Gasteiger partial charge in [0.05, 0.1) is 0 Å². The van der Waals surface area contributed by atoms with Crippen molar-refractivity contribution < 1.29 is 4.79 Å². The number of amides is 1. The second kappa shape index (κ2) is 6.66. The van der Waals surface area contributed by atoms with E-state index in [4.69, 9.17) is 5.73 Å². The summed E-state index contributed by atoms with van der Waals surface area (Å²) in [6.07, 6.45) is 7.01. The lowest BCUT2D eigenvalue weighted by atomic mass is 9.91. The van der Waals surface area contributed by atoms with Gasteiger partial charge in [-0.05, 0) is 49.8 Å². The van der Waals surface area contributed by atoms with E-state index in [0.717, 1.165) is 32.4 Å². The summed E-state index contributed by atoms with van der Waals surface area (Å²) in [5.74, 6) is 0.837. The van der Waals surface area contributed by atoms with Gasteiger partial charge in [0.2, 0.25) is 5.91 Å². The van der Waals surface area contributed by atoms with Gasteiger partial charge in [-0.25, -0.2) is 0 Å². The minimum absolute atomic E-state index is 0.245. The molecule has 1 amide bonds. The molecule has 0 bridgehead atoms. The number of piperidine rings is 1. The number of hydrogen-bond donors (Lipinski definition) is 1. The van der Waals surface area contributed by atoms with Gasteiger partial charge in [-0.2, -0.15) is 0 Å². The average molecular weight is 261 g/mol. The highest BCUT2D eigenvalue weighted by Gasteiger charge is 2.24. The molecule has 1 saturated heterocycles. The van der Waals surface area contributed by atoms with E-state index in [0.29, 0.717) is 12.3 Å². The maximum Gasteiger partial charge on any atom is 0.222 e. The van der Waals surface area contributed by atoms with Crippen molar-refractivity contribution in [3.8, 4) is 0 Å². The molecule has 0 aromatic carbocycles. The Labute approximate surface area is 115 Å². The first-order valence-electron chi connectivity index (χ1n) is 7.09. The molecule has 0 radical (unpaired) electrons. The topological polar surface area (TPSA) is 59.2 Å². The summed E-state index contributed by atoms with van der Waals surface area (Å²) < 4.78 is 0. The molecule has 1 aliphatic heterocycles. The third-order valence-electron chi connectivity index (χ3n) is 4.01. The van der Waals surface area contributed by atoms with Crippen LogP contribution in [-0.4, -0.2) is 34.9 Å². The highest BCUT2D eigenvalue weighted by molar-refractivity contribution is 5.76. The summed E-state index contributed by atoms with van der Waals surface area (Å²) in [4.78, 5) is 18.1. The van der Waals surface area contributed by atoms with Crippen LogP contribution in [0.3, 0.4) is 0 Å². The fourth-order valence-corrected chi connectivity index (χ4v) is 2.63. The quantitative estimate of drug-likeness (QED) is 0.895. The van der Waals surface area contributed by atoms with E-state index in [1.54, 1.807) is 12.4 Å². The van der Waals surface area contributed by atoms with Crippen LogP contribution in [0.15, 0.2) is 24.5 Å². The summed E-state index contributed by atoms with van der Waals surface area (Å²) in [5.41, 5.74) is 7.09. The zero-order valence-electron chi connectivity index (χ0n) is 11.6. The van der Waals surface area contributed by atoms with Crippen molar-refractivity contribution in [3.05, 3.63) is 30.1 Å². The standard InChI is InChI=1S/C15H23N3O/c1-12(16)14-6-10-18(11-7-14)15(19)3-2-13-4-8-17-9-5-13/h4-5,8-9,12,14H,2-3,6-7,10-11,16H2,1H3. The normalized spacial score (nSPS) is 18.3. The first kappa shape index (κ1) is 14.0. The van der Waals surface area contributed by atoms with E-state index in [1.807, 2.05) is 17.0 Å². The van der Waals surface area contributed by atoms with E-state index in [9.17, 15) is 4.79 Å². The van der Waals surface area contributed by atoms with Gasteiger partial charge in [0.15, 0.2) is 0 Å². The summed E-state index contributed by atoms with van der Waals surface area (Å²) in [5, 5.41) is 0. The lowest BCUT2D eigenvalue weighted by molar-refractivity contribution is -0.132. The van der Waals surface area contributed by atoms with E-state index in [-0.39, 0.29) is 11.9 Å². The second-order valence-electron chi connectivity index (χ2n) is 5.43. The van der Waals surface area contributed by atoms with Crippen LogP contribution in [0.25, 0.3) is 0 Å². The van der Waals surface area contributed by atoms with Gasteiger partial charge < -0.3 is 10.6 Å². The average Bonchev–Trinajstić information content (AvgIpc) is 2.46. The molecule has 1 aliphatic rings. The molecule has 1 atom stereocenters. The van der Waals surface area contributed by atoms with Crippen LogP contribution in [0.5, 0.6) is 0 Å². The zero-order chi connectivity index (χ0) is 13.7. The fraction of sp³-hybridized carbons (Fsp3) is 0.600. The lowest BCUT2D eigenvalue weighted by Crippen LogP contribution is -2.42.